The Hall–Kier alpha value is -3.85. The summed E-state index contributed by atoms with van der Waals surface area (Å²) in [5, 5.41) is 10.7. The van der Waals surface area contributed by atoms with E-state index >= 15 is 0 Å². The minimum absolute atomic E-state index is 0.0197. The van der Waals surface area contributed by atoms with Gasteiger partial charge in [-0.3, -0.25) is 14.5 Å². The van der Waals surface area contributed by atoms with Gasteiger partial charge >= 0.3 is 0 Å². The Labute approximate surface area is 219 Å². The maximum Gasteiger partial charge on any atom is 0.271 e. The summed E-state index contributed by atoms with van der Waals surface area (Å²) in [5.74, 6) is -0.342. The van der Waals surface area contributed by atoms with E-state index < -0.39 is 11.8 Å². The topological polar surface area (TPSA) is 70.4 Å². The van der Waals surface area contributed by atoms with Crippen molar-refractivity contribution in [2.75, 3.05) is 6.54 Å². The van der Waals surface area contributed by atoms with Crippen molar-refractivity contribution in [1.29, 1.82) is 5.26 Å². The summed E-state index contributed by atoms with van der Waals surface area (Å²) < 4.78 is 5.82. The van der Waals surface area contributed by atoms with E-state index in [9.17, 15) is 14.9 Å². The minimum atomic E-state index is -0.558. The van der Waals surface area contributed by atoms with Crippen molar-refractivity contribution in [2.24, 2.45) is 0 Å². The van der Waals surface area contributed by atoms with Crippen molar-refractivity contribution in [3.05, 3.63) is 116 Å². The number of hydrogen-bond acceptors (Lipinski definition) is 4. The average molecular weight is 517 g/mol. The van der Waals surface area contributed by atoms with Gasteiger partial charge in [0.1, 0.15) is 24.0 Å². The molecule has 0 aromatic heterocycles. The van der Waals surface area contributed by atoms with Gasteiger partial charge in [-0.2, -0.15) is 5.26 Å². The molecule has 1 heterocycles. The van der Waals surface area contributed by atoms with Gasteiger partial charge in [0.15, 0.2) is 0 Å². The lowest BCUT2D eigenvalue weighted by molar-refractivity contribution is -0.140. The highest BCUT2D eigenvalue weighted by Crippen LogP contribution is 2.28. The van der Waals surface area contributed by atoms with E-state index in [2.05, 4.69) is 0 Å². The molecule has 5 nitrogen and oxygen atoms in total. The Morgan fingerprint density at radius 3 is 2.36 bits per heavy atom. The molecule has 2 amide bonds. The molecule has 0 radical (unpaired) electrons. The van der Waals surface area contributed by atoms with Crippen LogP contribution in [0.5, 0.6) is 5.75 Å². The van der Waals surface area contributed by atoms with Gasteiger partial charge in [-0.15, -0.1) is 0 Å². The van der Waals surface area contributed by atoms with Crippen molar-refractivity contribution >= 4 is 41.1 Å². The summed E-state index contributed by atoms with van der Waals surface area (Å²) in [6.07, 6.45) is 2.20. The Kier molecular flexibility index (Phi) is 7.90. The number of amides is 2. The third-order valence-electron chi connectivity index (χ3n) is 5.89. The van der Waals surface area contributed by atoms with Crippen LogP contribution in [0.4, 0.5) is 0 Å². The van der Waals surface area contributed by atoms with Crippen LogP contribution in [0, 0.1) is 11.3 Å². The van der Waals surface area contributed by atoms with E-state index in [0.29, 0.717) is 33.4 Å². The van der Waals surface area contributed by atoms with Crippen LogP contribution in [-0.2, 0) is 22.6 Å². The zero-order chi connectivity index (χ0) is 25.7. The maximum atomic E-state index is 13.3. The number of benzene rings is 3. The first kappa shape index (κ1) is 25.2. The van der Waals surface area contributed by atoms with Gasteiger partial charge < -0.3 is 4.74 Å². The molecule has 180 valence electrons. The summed E-state index contributed by atoms with van der Waals surface area (Å²) in [5.41, 5.74) is 3.23. The smallest absolute Gasteiger partial charge is 0.271 e. The van der Waals surface area contributed by atoms with Crippen LogP contribution in [-0.4, -0.2) is 23.3 Å². The summed E-state index contributed by atoms with van der Waals surface area (Å²) in [7, 11) is 0. The number of ether oxygens (including phenoxy) is 1. The first-order chi connectivity index (χ1) is 17.4. The molecule has 0 saturated carbocycles. The molecule has 1 aliphatic rings. The van der Waals surface area contributed by atoms with E-state index in [1.807, 2.05) is 54.6 Å². The molecule has 0 bridgehead atoms. The Morgan fingerprint density at radius 2 is 1.69 bits per heavy atom. The van der Waals surface area contributed by atoms with E-state index in [4.69, 9.17) is 27.9 Å². The normalized spacial score (nSPS) is 14.8. The lowest BCUT2D eigenvalue weighted by atomic mass is 9.93. The van der Waals surface area contributed by atoms with Crippen molar-refractivity contribution in [3.8, 4) is 11.8 Å². The molecule has 36 heavy (non-hydrogen) atoms. The number of nitrogens with zero attached hydrogens (tertiary/aromatic N) is 2. The van der Waals surface area contributed by atoms with Crippen LogP contribution < -0.4 is 4.74 Å². The maximum absolute atomic E-state index is 13.3. The highest BCUT2D eigenvalue weighted by Gasteiger charge is 2.35. The van der Waals surface area contributed by atoms with Gasteiger partial charge in [-0.25, -0.2) is 0 Å². The third-order valence-corrected chi connectivity index (χ3v) is 6.48. The summed E-state index contributed by atoms with van der Waals surface area (Å²) in [6.45, 7) is 2.10. The zero-order valence-electron chi connectivity index (χ0n) is 19.5. The van der Waals surface area contributed by atoms with Gasteiger partial charge in [0.2, 0.25) is 0 Å². The second-order valence-corrected chi connectivity index (χ2v) is 9.10. The third kappa shape index (κ3) is 5.68. The highest BCUT2D eigenvalue weighted by atomic mass is 35.5. The van der Waals surface area contributed by atoms with Crippen molar-refractivity contribution in [2.45, 2.75) is 20.0 Å². The Balaban J connectivity index is 1.52. The molecule has 0 atom stereocenters. The summed E-state index contributed by atoms with van der Waals surface area (Å²) in [4.78, 5) is 27.2. The second-order valence-electron chi connectivity index (χ2n) is 8.26. The molecule has 0 spiro atoms. The van der Waals surface area contributed by atoms with Crippen LogP contribution >= 0.6 is 23.2 Å². The standard InChI is InChI=1S/C29H22Cl2N2O3/c1-19-25(28(34)33(29(35)26(19)17-32)14-13-20-5-3-2-4-6-20)15-21-7-11-24(12-8-21)36-18-22-9-10-23(30)16-27(22)31/h2-12,15-16H,13-14,18H2,1H3/b25-15+. The molecule has 0 unspecified atom stereocenters. The van der Waals surface area contributed by atoms with Gasteiger partial charge in [-0.1, -0.05) is 71.7 Å². The molecule has 0 saturated heterocycles. The molecule has 0 N–H and O–H groups in total. The molecule has 3 aromatic carbocycles. The molecule has 7 heteroatoms. The monoisotopic (exact) mass is 516 g/mol. The van der Waals surface area contributed by atoms with Crippen molar-refractivity contribution < 1.29 is 14.3 Å². The molecule has 0 fully saturated rings. The van der Waals surface area contributed by atoms with Gasteiger partial charge in [0.05, 0.1) is 0 Å². The molecular weight excluding hydrogens is 495 g/mol. The predicted octanol–water partition coefficient (Wildman–Crippen LogP) is 6.41. The van der Waals surface area contributed by atoms with Gasteiger partial charge in [0.25, 0.3) is 11.8 Å². The van der Waals surface area contributed by atoms with Crippen LogP contribution in [0.15, 0.2) is 89.5 Å². The minimum Gasteiger partial charge on any atom is -0.489 e. The largest absolute Gasteiger partial charge is 0.489 e. The van der Waals surface area contributed by atoms with Crippen molar-refractivity contribution in [3.63, 3.8) is 0 Å². The second kappa shape index (κ2) is 11.3. The number of halogens is 2. The number of carbonyl (C=O) groups is 2. The first-order valence-electron chi connectivity index (χ1n) is 11.3. The Morgan fingerprint density at radius 1 is 0.972 bits per heavy atom. The lowest BCUT2D eigenvalue weighted by Gasteiger charge is -2.27. The lowest BCUT2D eigenvalue weighted by Crippen LogP contribution is -2.43. The van der Waals surface area contributed by atoms with Crippen LogP contribution in [0.25, 0.3) is 6.08 Å². The SMILES string of the molecule is CC1=C(C#N)C(=O)N(CCc2ccccc2)C(=O)/C1=C/c1ccc(OCc2ccc(Cl)cc2Cl)cc1. The fourth-order valence-corrected chi connectivity index (χ4v) is 4.31. The zero-order valence-corrected chi connectivity index (χ0v) is 21.0. The first-order valence-corrected chi connectivity index (χ1v) is 12.0. The Bertz CT molecular complexity index is 1400. The number of imide groups is 1. The number of nitriles is 1. The van der Waals surface area contributed by atoms with Crippen LogP contribution in [0.3, 0.4) is 0 Å². The number of hydrogen-bond donors (Lipinski definition) is 0. The van der Waals surface area contributed by atoms with E-state index in [0.717, 1.165) is 21.6 Å². The van der Waals surface area contributed by atoms with Crippen molar-refractivity contribution in [1.82, 2.24) is 4.90 Å². The van der Waals surface area contributed by atoms with Gasteiger partial charge in [0, 0.05) is 27.7 Å². The van der Waals surface area contributed by atoms with E-state index in [1.54, 1.807) is 37.3 Å². The fraction of sp³-hybridized carbons (Fsp3) is 0.138. The van der Waals surface area contributed by atoms with Crippen LogP contribution in [0.2, 0.25) is 10.0 Å². The van der Waals surface area contributed by atoms with E-state index in [1.165, 1.54) is 0 Å². The molecule has 0 aliphatic carbocycles. The molecule has 3 aromatic rings. The van der Waals surface area contributed by atoms with Crippen LogP contribution in [0.1, 0.15) is 23.6 Å². The number of carbonyl (C=O) groups excluding carboxylic acids is 2. The van der Waals surface area contributed by atoms with Gasteiger partial charge in [-0.05, 0) is 60.4 Å². The predicted molar refractivity (Wildman–Crippen MR) is 140 cm³/mol. The molecule has 4 rings (SSSR count). The molecular formula is C29H22Cl2N2O3. The average Bonchev–Trinajstić information content (AvgIpc) is 2.88. The summed E-state index contributed by atoms with van der Waals surface area (Å²) in [6, 6.07) is 24.0. The summed E-state index contributed by atoms with van der Waals surface area (Å²) >= 11 is 12.1. The highest BCUT2D eigenvalue weighted by molar-refractivity contribution is 6.35. The molecule has 1 aliphatic heterocycles. The quantitative estimate of drug-likeness (QED) is 0.268. The fourth-order valence-electron chi connectivity index (χ4n) is 3.85. The van der Waals surface area contributed by atoms with E-state index in [-0.39, 0.29) is 18.7 Å². The number of rotatable bonds is 7.